The number of primary amides is 1. The molecule has 0 radical (unpaired) electrons. The van der Waals surface area contributed by atoms with Gasteiger partial charge in [-0.3, -0.25) is 0 Å². The van der Waals surface area contributed by atoms with E-state index in [1.54, 1.807) is 0 Å². The average molecular weight is 140 g/mol. The second-order valence-electron chi connectivity index (χ2n) is 1.38. The van der Waals surface area contributed by atoms with Crippen molar-refractivity contribution in [1.82, 2.24) is 15.4 Å². The minimum absolute atomic E-state index is 0.0440. The summed E-state index contributed by atoms with van der Waals surface area (Å²) in [6, 6.07) is 1.37. The van der Waals surface area contributed by atoms with Gasteiger partial charge in [0, 0.05) is 6.07 Å². The molecular formula is C4H4N4O2. The normalized spacial score (nSPS) is 8.80. The van der Waals surface area contributed by atoms with Crippen LogP contribution >= 0.6 is 0 Å². The lowest BCUT2D eigenvalue weighted by atomic mass is 10.7. The average Bonchev–Trinajstić information content (AvgIpc) is 1.88. The third-order valence-electron chi connectivity index (χ3n) is 0.684. The number of carbonyl (C=O) groups is 1. The summed E-state index contributed by atoms with van der Waals surface area (Å²) in [6.45, 7) is 0. The number of aromatic nitrogens is 3. The maximum atomic E-state index is 10.1. The first-order valence-electron chi connectivity index (χ1n) is 2.40. The van der Waals surface area contributed by atoms with Gasteiger partial charge in [0.15, 0.2) is 0 Å². The zero-order valence-corrected chi connectivity index (χ0v) is 4.89. The topological polar surface area (TPSA) is 91.0 Å². The third kappa shape index (κ3) is 1.66. The lowest BCUT2D eigenvalue weighted by molar-refractivity contribution is 0.208. The van der Waals surface area contributed by atoms with Gasteiger partial charge in [0.1, 0.15) is 0 Å². The number of amides is 1. The molecule has 52 valence electrons. The summed E-state index contributed by atoms with van der Waals surface area (Å²) < 4.78 is 4.34. The van der Waals surface area contributed by atoms with Gasteiger partial charge in [0.25, 0.3) is 0 Å². The highest BCUT2D eigenvalue weighted by Gasteiger charge is 1.97. The zero-order chi connectivity index (χ0) is 7.40. The van der Waals surface area contributed by atoms with Crippen molar-refractivity contribution in [2.24, 2.45) is 5.73 Å². The first-order chi connectivity index (χ1) is 4.79. The number of ether oxygens (including phenoxy) is 1. The van der Waals surface area contributed by atoms with Crippen LogP contribution in [0.4, 0.5) is 4.79 Å². The molecule has 0 aromatic carbocycles. The van der Waals surface area contributed by atoms with Gasteiger partial charge in [0.05, 0.1) is 6.20 Å². The molecule has 1 aromatic rings. The highest BCUT2D eigenvalue weighted by Crippen LogP contribution is 1.98. The standard InChI is InChI=1S/C4H4N4O2/c5-4(9)10-3-1-2-6-8-7-3/h1-2H,(H2,5,9). The van der Waals surface area contributed by atoms with Gasteiger partial charge in [-0.25, -0.2) is 4.79 Å². The molecule has 1 amide bonds. The molecule has 0 aliphatic carbocycles. The van der Waals surface area contributed by atoms with Gasteiger partial charge in [-0.15, -0.1) is 5.10 Å². The van der Waals surface area contributed by atoms with Crippen molar-refractivity contribution < 1.29 is 9.53 Å². The van der Waals surface area contributed by atoms with E-state index < -0.39 is 6.09 Å². The van der Waals surface area contributed by atoms with Crippen molar-refractivity contribution in [2.75, 3.05) is 0 Å². The zero-order valence-electron chi connectivity index (χ0n) is 4.89. The molecule has 0 spiro atoms. The predicted molar refractivity (Wildman–Crippen MR) is 30.0 cm³/mol. The van der Waals surface area contributed by atoms with E-state index in [4.69, 9.17) is 0 Å². The summed E-state index contributed by atoms with van der Waals surface area (Å²) in [7, 11) is 0. The number of rotatable bonds is 1. The molecule has 0 bridgehead atoms. The van der Waals surface area contributed by atoms with Crippen molar-refractivity contribution in [1.29, 1.82) is 0 Å². The number of nitrogens with two attached hydrogens (primary N) is 1. The Kier molecular flexibility index (Phi) is 1.74. The lowest BCUT2D eigenvalue weighted by Gasteiger charge is -1.93. The summed E-state index contributed by atoms with van der Waals surface area (Å²) in [6.07, 6.45) is 0.422. The van der Waals surface area contributed by atoms with Crippen LogP contribution < -0.4 is 10.5 Å². The first-order valence-corrected chi connectivity index (χ1v) is 2.40. The molecule has 0 aliphatic heterocycles. The fourth-order valence-electron chi connectivity index (χ4n) is 0.388. The van der Waals surface area contributed by atoms with E-state index in [1.807, 2.05) is 0 Å². The van der Waals surface area contributed by atoms with Gasteiger partial charge in [-0.2, -0.15) is 0 Å². The van der Waals surface area contributed by atoms with E-state index in [9.17, 15) is 4.79 Å². The second-order valence-corrected chi connectivity index (χ2v) is 1.38. The van der Waals surface area contributed by atoms with E-state index in [1.165, 1.54) is 12.3 Å². The molecule has 1 rings (SSSR count). The van der Waals surface area contributed by atoms with Gasteiger partial charge in [-0.05, 0) is 5.21 Å². The summed E-state index contributed by atoms with van der Waals surface area (Å²) in [5.74, 6) is 0.0440. The highest BCUT2D eigenvalue weighted by atomic mass is 16.6. The summed E-state index contributed by atoms with van der Waals surface area (Å²) in [4.78, 5) is 10.1. The Labute approximate surface area is 56.0 Å². The van der Waals surface area contributed by atoms with Crippen LogP contribution in [0.1, 0.15) is 0 Å². The van der Waals surface area contributed by atoms with E-state index >= 15 is 0 Å². The molecule has 6 nitrogen and oxygen atoms in total. The molecule has 0 fully saturated rings. The van der Waals surface area contributed by atoms with Crippen molar-refractivity contribution in [3.8, 4) is 5.88 Å². The fraction of sp³-hybridized carbons (Fsp3) is 0. The lowest BCUT2D eigenvalue weighted by Crippen LogP contribution is -2.17. The van der Waals surface area contributed by atoms with Crippen LogP contribution in [0.5, 0.6) is 5.88 Å². The molecule has 10 heavy (non-hydrogen) atoms. The van der Waals surface area contributed by atoms with Crippen LogP contribution in [0.15, 0.2) is 12.3 Å². The summed E-state index contributed by atoms with van der Waals surface area (Å²) in [5, 5.41) is 9.90. The van der Waals surface area contributed by atoms with E-state index in [-0.39, 0.29) is 5.88 Å². The molecule has 6 heteroatoms. The molecule has 0 saturated heterocycles. The molecule has 0 aliphatic rings. The summed E-state index contributed by atoms with van der Waals surface area (Å²) >= 11 is 0. The van der Waals surface area contributed by atoms with Gasteiger partial charge in [0.2, 0.25) is 5.88 Å². The quantitative estimate of drug-likeness (QED) is 0.558. The largest absolute Gasteiger partial charge is 0.411 e. The van der Waals surface area contributed by atoms with Crippen LogP contribution in [-0.2, 0) is 0 Å². The maximum Gasteiger partial charge on any atom is 0.411 e. The molecule has 1 heterocycles. The van der Waals surface area contributed by atoms with Crippen molar-refractivity contribution >= 4 is 6.09 Å². The fourth-order valence-corrected chi connectivity index (χ4v) is 0.388. The molecular weight excluding hydrogens is 136 g/mol. The number of hydrogen-bond donors (Lipinski definition) is 1. The minimum Gasteiger partial charge on any atom is -0.390 e. The Morgan fingerprint density at radius 3 is 3.00 bits per heavy atom. The van der Waals surface area contributed by atoms with E-state index in [0.717, 1.165) is 0 Å². The van der Waals surface area contributed by atoms with Crippen LogP contribution in [-0.4, -0.2) is 21.5 Å². The maximum absolute atomic E-state index is 10.1. The predicted octanol–water partition coefficient (Wildman–Crippen LogP) is -0.671. The Balaban J connectivity index is 2.67. The minimum atomic E-state index is -0.916. The van der Waals surface area contributed by atoms with Crippen LogP contribution in [0.2, 0.25) is 0 Å². The summed E-state index contributed by atoms with van der Waals surface area (Å²) in [5.41, 5.74) is 4.68. The molecule has 0 atom stereocenters. The van der Waals surface area contributed by atoms with Gasteiger partial charge in [-0.1, -0.05) is 5.10 Å². The molecule has 1 aromatic heterocycles. The van der Waals surface area contributed by atoms with Crippen molar-refractivity contribution in [3.63, 3.8) is 0 Å². The Bertz CT molecular complexity index is 224. The van der Waals surface area contributed by atoms with E-state index in [0.29, 0.717) is 0 Å². The SMILES string of the molecule is NC(=O)Oc1ccnnn1. The smallest absolute Gasteiger partial charge is 0.390 e. The van der Waals surface area contributed by atoms with Crippen molar-refractivity contribution in [3.05, 3.63) is 12.3 Å². The highest BCUT2D eigenvalue weighted by molar-refractivity contribution is 5.67. The van der Waals surface area contributed by atoms with Gasteiger partial charge >= 0.3 is 6.09 Å². The monoisotopic (exact) mass is 140 g/mol. The Hall–Kier alpha value is -1.72. The van der Waals surface area contributed by atoms with E-state index in [2.05, 4.69) is 25.9 Å². The van der Waals surface area contributed by atoms with Crippen LogP contribution in [0.3, 0.4) is 0 Å². The third-order valence-corrected chi connectivity index (χ3v) is 0.684. The molecule has 2 N–H and O–H groups in total. The number of hydrogen-bond acceptors (Lipinski definition) is 5. The number of carbonyl (C=O) groups excluding carboxylic acids is 1. The molecule has 0 saturated carbocycles. The Morgan fingerprint density at radius 2 is 2.50 bits per heavy atom. The Morgan fingerprint density at radius 1 is 1.70 bits per heavy atom. The van der Waals surface area contributed by atoms with Gasteiger partial charge < -0.3 is 10.5 Å². The first kappa shape index (κ1) is 6.40. The van der Waals surface area contributed by atoms with Crippen LogP contribution in [0, 0.1) is 0 Å². The van der Waals surface area contributed by atoms with Crippen molar-refractivity contribution in [2.45, 2.75) is 0 Å². The van der Waals surface area contributed by atoms with Crippen LogP contribution in [0.25, 0.3) is 0 Å². The molecule has 0 unspecified atom stereocenters. The second kappa shape index (κ2) is 2.72. The number of nitrogens with zero attached hydrogens (tertiary/aromatic N) is 3.